The summed E-state index contributed by atoms with van der Waals surface area (Å²) in [5, 5.41) is 0. The Morgan fingerprint density at radius 2 is 2.16 bits per heavy atom. The highest BCUT2D eigenvalue weighted by atomic mass is 16.5. The number of hydrogen-bond donors (Lipinski definition) is 0. The van der Waals surface area contributed by atoms with Crippen molar-refractivity contribution in [2.24, 2.45) is 0 Å². The molecule has 1 aromatic heterocycles. The fourth-order valence-corrected chi connectivity index (χ4v) is 4.14. The highest BCUT2D eigenvalue weighted by molar-refractivity contribution is 5.93. The summed E-state index contributed by atoms with van der Waals surface area (Å²) in [6.07, 6.45) is 6.71. The molecule has 25 heavy (non-hydrogen) atoms. The third-order valence-corrected chi connectivity index (χ3v) is 5.52. The van der Waals surface area contributed by atoms with Gasteiger partial charge in [-0.25, -0.2) is 0 Å². The van der Waals surface area contributed by atoms with Crippen LogP contribution in [-0.4, -0.2) is 64.5 Å². The highest BCUT2D eigenvalue weighted by Crippen LogP contribution is 2.37. The molecule has 2 saturated heterocycles. The second-order valence-corrected chi connectivity index (χ2v) is 7.02. The van der Waals surface area contributed by atoms with E-state index in [0.29, 0.717) is 25.3 Å². The van der Waals surface area contributed by atoms with Crippen molar-refractivity contribution in [2.75, 3.05) is 26.2 Å². The summed E-state index contributed by atoms with van der Waals surface area (Å²) in [5.74, 6) is 0.169. The maximum Gasteiger partial charge on any atom is 0.255 e. The molecule has 0 N–H and O–H groups in total. The van der Waals surface area contributed by atoms with E-state index in [1.807, 2.05) is 16.7 Å². The topological polar surface area (TPSA) is 62.7 Å². The van der Waals surface area contributed by atoms with Gasteiger partial charge in [-0.15, -0.1) is 0 Å². The van der Waals surface area contributed by atoms with Crippen molar-refractivity contribution in [3.63, 3.8) is 0 Å². The van der Waals surface area contributed by atoms with Crippen LogP contribution >= 0.6 is 0 Å². The van der Waals surface area contributed by atoms with E-state index in [4.69, 9.17) is 4.74 Å². The fourth-order valence-electron chi connectivity index (χ4n) is 4.14. The Morgan fingerprint density at radius 3 is 2.76 bits per heavy atom. The van der Waals surface area contributed by atoms with Crippen molar-refractivity contribution in [1.82, 2.24) is 14.8 Å². The molecule has 2 aliphatic heterocycles. The standard InChI is InChI=1S/C19H27N3O3/c1-3-22(15(2)23)17-6-12-25-19(13-17)7-10-21(11-8-19)18(24)16-5-4-9-20-14-16/h4-5,9,14,17H,3,6-8,10-13H2,1-2H3. The summed E-state index contributed by atoms with van der Waals surface area (Å²) >= 11 is 0. The summed E-state index contributed by atoms with van der Waals surface area (Å²) in [5.41, 5.74) is 0.437. The molecule has 136 valence electrons. The molecule has 2 amide bonds. The number of nitrogens with zero attached hydrogens (tertiary/aromatic N) is 3. The smallest absolute Gasteiger partial charge is 0.255 e. The van der Waals surface area contributed by atoms with Crippen LogP contribution < -0.4 is 0 Å². The maximum atomic E-state index is 12.6. The van der Waals surface area contributed by atoms with Crippen molar-refractivity contribution in [3.05, 3.63) is 30.1 Å². The normalized spacial score (nSPS) is 22.6. The van der Waals surface area contributed by atoms with Crippen LogP contribution in [0.3, 0.4) is 0 Å². The first kappa shape index (κ1) is 17.9. The summed E-state index contributed by atoms with van der Waals surface area (Å²) < 4.78 is 6.16. The minimum Gasteiger partial charge on any atom is -0.375 e. The molecule has 6 nitrogen and oxygen atoms in total. The summed E-state index contributed by atoms with van der Waals surface area (Å²) in [4.78, 5) is 32.3. The molecule has 1 aromatic rings. The number of carbonyl (C=O) groups excluding carboxylic acids is 2. The Balaban J connectivity index is 1.62. The Kier molecular flexibility index (Phi) is 5.37. The Hall–Kier alpha value is -1.95. The molecule has 2 aliphatic rings. The molecule has 3 rings (SSSR count). The largest absolute Gasteiger partial charge is 0.375 e. The van der Waals surface area contributed by atoms with Crippen LogP contribution in [-0.2, 0) is 9.53 Å². The van der Waals surface area contributed by atoms with E-state index in [0.717, 1.165) is 32.2 Å². The van der Waals surface area contributed by atoms with Gasteiger partial charge in [0, 0.05) is 51.6 Å². The van der Waals surface area contributed by atoms with E-state index >= 15 is 0 Å². The van der Waals surface area contributed by atoms with E-state index in [1.165, 1.54) is 0 Å². The molecule has 0 aliphatic carbocycles. The number of amides is 2. The van der Waals surface area contributed by atoms with E-state index in [1.54, 1.807) is 31.5 Å². The number of hydrogen-bond acceptors (Lipinski definition) is 4. The van der Waals surface area contributed by atoms with Gasteiger partial charge in [-0.2, -0.15) is 0 Å². The highest BCUT2D eigenvalue weighted by Gasteiger charge is 2.42. The summed E-state index contributed by atoms with van der Waals surface area (Å²) in [6, 6.07) is 3.84. The number of ether oxygens (including phenoxy) is 1. The van der Waals surface area contributed by atoms with Crippen LogP contribution in [0.2, 0.25) is 0 Å². The van der Waals surface area contributed by atoms with Crippen LogP contribution in [0.1, 0.15) is 49.9 Å². The number of pyridine rings is 1. The lowest BCUT2D eigenvalue weighted by Gasteiger charge is -2.48. The zero-order valence-corrected chi connectivity index (χ0v) is 15.1. The molecule has 1 unspecified atom stereocenters. The van der Waals surface area contributed by atoms with Crippen LogP contribution in [0, 0.1) is 0 Å². The number of rotatable bonds is 3. The molecule has 0 saturated carbocycles. The van der Waals surface area contributed by atoms with Gasteiger partial charge in [-0.1, -0.05) is 0 Å². The van der Waals surface area contributed by atoms with E-state index in [2.05, 4.69) is 4.98 Å². The molecule has 2 fully saturated rings. The maximum absolute atomic E-state index is 12.6. The Morgan fingerprint density at radius 1 is 1.40 bits per heavy atom. The quantitative estimate of drug-likeness (QED) is 0.842. The number of aromatic nitrogens is 1. The molecular formula is C19H27N3O3. The second kappa shape index (κ2) is 7.52. The average molecular weight is 345 g/mol. The minimum absolute atomic E-state index is 0.0363. The first-order valence-electron chi connectivity index (χ1n) is 9.15. The van der Waals surface area contributed by atoms with Crippen LogP contribution in [0.25, 0.3) is 0 Å². The molecule has 0 aromatic carbocycles. The minimum atomic E-state index is -0.197. The monoisotopic (exact) mass is 345 g/mol. The van der Waals surface area contributed by atoms with Gasteiger partial charge in [0.05, 0.1) is 11.2 Å². The third kappa shape index (κ3) is 3.84. The summed E-state index contributed by atoms with van der Waals surface area (Å²) in [7, 11) is 0. The summed E-state index contributed by atoms with van der Waals surface area (Å²) in [6.45, 7) is 6.46. The van der Waals surface area contributed by atoms with Gasteiger partial charge in [0.25, 0.3) is 5.91 Å². The SMILES string of the molecule is CCN(C(C)=O)C1CCOC2(CCN(C(=O)c3cccnc3)CC2)C1. The number of carbonyl (C=O) groups is 2. The lowest BCUT2D eigenvalue weighted by molar-refractivity contribution is -0.147. The molecular weight excluding hydrogens is 318 g/mol. The van der Waals surface area contributed by atoms with Crippen molar-refractivity contribution < 1.29 is 14.3 Å². The molecule has 0 radical (unpaired) electrons. The lowest BCUT2D eigenvalue weighted by Crippen LogP contribution is -2.55. The van der Waals surface area contributed by atoms with Gasteiger partial charge in [0.1, 0.15) is 0 Å². The number of piperidine rings is 1. The molecule has 1 spiro atoms. The average Bonchev–Trinajstić information content (AvgIpc) is 2.63. The van der Waals surface area contributed by atoms with Gasteiger partial charge in [-0.3, -0.25) is 14.6 Å². The van der Waals surface area contributed by atoms with Crippen molar-refractivity contribution in [2.45, 2.75) is 51.2 Å². The zero-order valence-electron chi connectivity index (χ0n) is 15.1. The van der Waals surface area contributed by atoms with Crippen molar-refractivity contribution >= 4 is 11.8 Å². The molecule has 1 atom stereocenters. The Bertz CT molecular complexity index is 612. The number of likely N-dealkylation sites (tertiary alicyclic amines) is 1. The van der Waals surface area contributed by atoms with E-state index in [9.17, 15) is 9.59 Å². The molecule has 0 bridgehead atoms. The van der Waals surface area contributed by atoms with Crippen LogP contribution in [0.5, 0.6) is 0 Å². The fraction of sp³-hybridized carbons (Fsp3) is 0.632. The predicted octanol–water partition coefficient (Wildman–Crippen LogP) is 2.10. The van der Waals surface area contributed by atoms with Gasteiger partial charge < -0.3 is 14.5 Å². The van der Waals surface area contributed by atoms with Gasteiger partial charge in [0.2, 0.25) is 5.91 Å². The van der Waals surface area contributed by atoms with Crippen LogP contribution in [0.4, 0.5) is 0 Å². The lowest BCUT2D eigenvalue weighted by atomic mass is 9.81. The first-order valence-corrected chi connectivity index (χ1v) is 9.15. The van der Waals surface area contributed by atoms with Gasteiger partial charge in [-0.05, 0) is 44.7 Å². The molecule has 3 heterocycles. The molecule has 6 heteroatoms. The second-order valence-electron chi connectivity index (χ2n) is 7.02. The van der Waals surface area contributed by atoms with Crippen LogP contribution in [0.15, 0.2) is 24.5 Å². The van der Waals surface area contributed by atoms with E-state index < -0.39 is 0 Å². The third-order valence-electron chi connectivity index (χ3n) is 5.52. The predicted molar refractivity (Wildman–Crippen MR) is 94.1 cm³/mol. The Labute approximate surface area is 149 Å². The van der Waals surface area contributed by atoms with E-state index in [-0.39, 0.29) is 23.5 Å². The zero-order chi connectivity index (χ0) is 17.9. The van der Waals surface area contributed by atoms with Gasteiger partial charge >= 0.3 is 0 Å². The van der Waals surface area contributed by atoms with Gasteiger partial charge in [0.15, 0.2) is 0 Å². The van der Waals surface area contributed by atoms with Crippen molar-refractivity contribution in [3.8, 4) is 0 Å². The van der Waals surface area contributed by atoms with Crippen molar-refractivity contribution in [1.29, 1.82) is 0 Å². The first-order chi connectivity index (χ1) is 12.0.